The quantitative estimate of drug-likeness (QED) is 0.587. The third kappa shape index (κ3) is 5.83. The molecule has 4 heteroatoms. The average Bonchev–Trinajstić information content (AvgIpc) is 2.41. The van der Waals surface area contributed by atoms with Crippen molar-refractivity contribution in [3.63, 3.8) is 0 Å². The highest BCUT2D eigenvalue weighted by molar-refractivity contribution is 7.99. The van der Waals surface area contributed by atoms with E-state index in [1.54, 1.807) is 23.9 Å². The smallest absolute Gasteiger partial charge is 0.255 e. The monoisotopic (exact) mass is 279 g/mol. The Balaban J connectivity index is 2.60. The number of thioether (sulfide) groups is 1. The average molecular weight is 279 g/mol. The van der Waals surface area contributed by atoms with Crippen LogP contribution in [0.2, 0.25) is 0 Å². The van der Waals surface area contributed by atoms with Crippen LogP contribution in [0.3, 0.4) is 0 Å². The molecule has 19 heavy (non-hydrogen) atoms. The molecule has 0 aliphatic carbocycles. The fraction of sp³-hybridized carbons (Fsp3) is 0.400. The molecule has 0 fully saturated rings. The molecule has 0 aliphatic heterocycles. The van der Waals surface area contributed by atoms with E-state index in [0.29, 0.717) is 24.5 Å². The maximum Gasteiger partial charge on any atom is 0.255 e. The van der Waals surface area contributed by atoms with E-state index in [-0.39, 0.29) is 5.91 Å². The summed E-state index contributed by atoms with van der Waals surface area (Å²) < 4.78 is 5.58. The minimum Gasteiger partial charge on any atom is -0.488 e. The maximum absolute atomic E-state index is 12.1. The predicted octanol–water partition coefficient (Wildman–Crippen LogP) is 3.12. The number of rotatable bonds is 8. The third-order valence-electron chi connectivity index (χ3n) is 2.34. The Bertz CT molecular complexity index is 432. The molecule has 0 bridgehead atoms. The highest BCUT2D eigenvalue weighted by Crippen LogP contribution is 2.18. The Morgan fingerprint density at radius 1 is 1.42 bits per heavy atom. The van der Waals surface area contributed by atoms with Crippen molar-refractivity contribution >= 4 is 17.7 Å². The normalized spacial score (nSPS) is 10.0. The van der Waals surface area contributed by atoms with Gasteiger partial charge in [0.1, 0.15) is 12.4 Å². The van der Waals surface area contributed by atoms with Gasteiger partial charge in [-0.25, -0.2) is 0 Å². The van der Waals surface area contributed by atoms with Gasteiger partial charge in [-0.2, -0.15) is 11.8 Å². The number of amides is 1. The second-order valence-electron chi connectivity index (χ2n) is 4.19. The molecule has 3 nitrogen and oxygen atoms in total. The van der Waals surface area contributed by atoms with Crippen LogP contribution in [0.15, 0.2) is 36.4 Å². The Morgan fingerprint density at radius 2 is 2.16 bits per heavy atom. The van der Waals surface area contributed by atoms with Gasteiger partial charge >= 0.3 is 0 Å². The molecule has 1 rings (SSSR count). The summed E-state index contributed by atoms with van der Waals surface area (Å²) in [5.41, 5.74) is 1.50. The topological polar surface area (TPSA) is 38.3 Å². The van der Waals surface area contributed by atoms with E-state index < -0.39 is 0 Å². The summed E-state index contributed by atoms with van der Waals surface area (Å²) in [6.07, 6.45) is 0. The van der Waals surface area contributed by atoms with E-state index in [9.17, 15) is 4.79 Å². The molecule has 0 saturated heterocycles. The first kappa shape index (κ1) is 15.6. The van der Waals surface area contributed by atoms with Crippen LogP contribution in [0.5, 0.6) is 5.75 Å². The zero-order chi connectivity index (χ0) is 14.1. The highest BCUT2D eigenvalue weighted by Gasteiger charge is 2.11. The van der Waals surface area contributed by atoms with Crippen LogP contribution in [0, 0.1) is 0 Å². The van der Waals surface area contributed by atoms with E-state index in [2.05, 4.69) is 18.8 Å². The van der Waals surface area contributed by atoms with Gasteiger partial charge in [0.15, 0.2) is 0 Å². The molecular weight excluding hydrogens is 258 g/mol. The van der Waals surface area contributed by atoms with E-state index in [1.807, 2.05) is 19.1 Å². The van der Waals surface area contributed by atoms with Crippen molar-refractivity contribution in [1.82, 2.24) is 5.32 Å². The van der Waals surface area contributed by atoms with Crippen molar-refractivity contribution in [3.8, 4) is 5.75 Å². The Labute approximate surface area is 119 Å². The number of para-hydroxylation sites is 1. The molecule has 0 radical (unpaired) electrons. The number of carbonyl (C=O) groups excluding carboxylic acids is 1. The van der Waals surface area contributed by atoms with Crippen LogP contribution in [0.4, 0.5) is 0 Å². The summed E-state index contributed by atoms with van der Waals surface area (Å²) in [5.74, 6) is 2.51. The Hall–Kier alpha value is -1.42. The first-order chi connectivity index (χ1) is 9.15. The number of nitrogens with one attached hydrogen (secondary N) is 1. The summed E-state index contributed by atoms with van der Waals surface area (Å²) >= 11 is 1.81. The molecule has 104 valence electrons. The van der Waals surface area contributed by atoms with Gasteiger partial charge in [0.2, 0.25) is 0 Å². The van der Waals surface area contributed by atoms with Crippen LogP contribution >= 0.6 is 11.8 Å². The lowest BCUT2D eigenvalue weighted by molar-refractivity contribution is 0.0952. The van der Waals surface area contributed by atoms with E-state index >= 15 is 0 Å². The molecule has 0 aliphatic rings. The molecule has 0 atom stereocenters. The zero-order valence-electron chi connectivity index (χ0n) is 11.6. The first-order valence-corrected chi connectivity index (χ1v) is 7.52. The second-order valence-corrected chi connectivity index (χ2v) is 5.59. The Morgan fingerprint density at radius 3 is 2.84 bits per heavy atom. The van der Waals surface area contributed by atoms with E-state index in [4.69, 9.17) is 4.74 Å². The molecule has 0 unspecified atom stereocenters. The predicted molar refractivity (Wildman–Crippen MR) is 82.1 cm³/mol. The molecule has 0 aromatic heterocycles. The minimum absolute atomic E-state index is 0.0889. The number of hydrogen-bond donors (Lipinski definition) is 1. The molecule has 0 saturated carbocycles. The van der Waals surface area contributed by atoms with Crippen molar-refractivity contribution in [1.29, 1.82) is 0 Å². The van der Waals surface area contributed by atoms with Gasteiger partial charge in [-0.1, -0.05) is 25.6 Å². The van der Waals surface area contributed by atoms with Gasteiger partial charge in [0, 0.05) is 12.3 Å². The molecule has 0 spiro atoms. The summed E-state index contributed by atoms with van der Waals surface area (Å²) in [7, 11) is 0. The standard InChI is InChI=1S/C15H21NO2S/c1-4-19-10-9-16-15(17)13-7-5-6-8-14(13)18-11-12(2)3/h5-8H,2,4,9-11H2,1,3H3,(H,16,17). The minimum atomic E-state index is -0.0889. The van der Waals surface area contributed by atoms with Crippen molar-refractivity contribution in [2.75, 3.05) is 24.7 Å². The van der Waals surface area contributed by atoms with Gasteiger partial charge in [0.25, 0.3) is 5.91 Å². The fourth-order valence-corrected chi connectivity index (χ4v) is 1.99. The van der Waals surface area contributed by atoms with Crippen LogP contribution in [0.1, 0.15) is 24.2 Å². The zero-order valence-corrected chi connectivity index (χ0v) is 12.4. The molecule has 1 aromatic rings. The van der Waals surface area contributed by atoms with Gasteiger partial charge in [-0.3, -0.25) is 4.79 Å². The summed E-state index contributed by atoms with van der Waals surface area (Å²) in [6, 6.07) is 7.27. The largest absolute Gasteiger partial charge is 0.488 e. The molecule has 0 heterocycles. The van der Waals surface area contributed by atoms with Crippen molar-refractivity contribution in [2.45, 2.75) is 13.8 Å². The highest BCUT2D eigenvalue weighted by atomic mass is 32.2. The van der Waals surface area contributed by atoms with Crippen LogP contribution in [-0.4, -0.2) is 30.6 Å². The molecular formula is C15H21NO2S. The third-order valence-corrected chi connectivity index (χ3v) is 3.24. The number of benzene rings is 1. The fourth-order valence-electron chi connectivity index (χ4n) is 1.46. The van der Waals surface area contributed by atoms with Crippen LogP contribution in [0.25, 0.3) is 0 Å². The van der Waals surface area contributed by atoms with Crippen LogP contribution in [-0.2, 0) is 0 Å². The van der Waals surface area contributed by atoms with Crippen molar-refractivity contribution < 1.29 is 9.53 Å². The molecule has 1 amide bonds. The summed E-state index contributed by atoms with van der Waals surface area (Å²) in [4.78, 5) is 12.1. The summed E-state index contributed by atoms with van der Waals surface area (Å²) in [6.45, 7) is 8.88. The first-order valence-electron chi connectivity index (χ1n) is 6.37. The van der Waals surface area contributed by atoms with Gasteiger partial charge < -0.3 is 10.1 Å². The second kappa shape index (κ2) is 8.64. The molecule has 1 aromatic carbocycles. The van der Waals surface area contributed by atoms with Gasteiger partial charge in [-0.05, 0) is 30.4 Å². The van der Waals surface area contributed by atoms with Crippen molar-refractivity contribution in [2.24, 2.45) is 0 Å². The Kier molecular flexibility index (Phi) is 7.11. The van der Waals surface area contributed by atoms with E-state index in [0.717, 1.165) is 17.1 Å². The lowest BCUT2D eigenvalue weighted by atomic mass is 10.2. The molecule has 1 N–H and O–H groups in total. The summed E-state index contributed by atoms with van der Waals surface area (Å²) in [5, 5.41) is 2.90. The number of ether oxygens (including phenoxy) is 1. The lowest BCUT2D eigenvalue weighted by Gasteiger charge is -2.11. The van der Waals surface area contributed by atoms with Gasteiger partial charge in [0.05, 0.1) is 5.56 Å². The lowest BCUT2D eigenvalue weighted by Crippen LogP contribution is -2.26. The van der Waals surface area contributed by atoms with E-state index in [1.165, 1.54) is 0 Å². The number of carbonyl (C=O) groups is 1. The maximum atomic E-state index is 12.1. The van der Waals surface area contributed by atoms with Gasteiger partial charge in [-0.15, -0.1) is 0 Å². The SMILES string of the molecule is C=C(C)COc1ccccc1C(=O)NCCSCC. The van der Waals surface area contributed by atoms with Crippen LogP contribution < -0.4 is 10.1 Å². The number of hydrogen-bond acceptors (Lipinski definition) is 3. The van der Waals surface area contributed by atoms with Crippen molar-refractivity contribution in [3.05, 3.63) is 42.0 Å².